The van der Waals surface area contributed by atoms with Gasteiger partial charge >= 0.3 is 6.29 Å². The summed E-state index contributed by atoms with van der Waals surface area (Å²) < 4.78 is 52.8. The molecule has 0 spiro atoms. The summed E-state index contributed by atoms with van der Waals surface area (Å²) in [6.07, 6.45) is -4.11. The van der Waals surface area contributed by atoms with Crippen molar-refractivity contribution in [2.45, 2.75) is 69.8 Å². The molecule has 0 unspecified atom stereocenters. The van der Waals surface area contributed by atoms with Crippen LogP contribution in [0.5, 0.6) is 11.5 Å². The topological polar surface area (TPSA) is 98.0 Å². The van der Waals surface area contributed by atoms with Crippen molar-refractivity contribution in [2.24, 2.45) is 0 Å². The van der Waals surface area contributed by atoms with Crippen LogP contribution in [0.4, 0.5) is 13.2 Å². The summed E-state index contributed by atoms with van der Waals surface area (Å²) >= 11 is 0. The van der Waals surface area contributed by atoms with E-state index in [1.165, 1.54) is 25.1 Å². The fourth-order valence-electron chi connectivity index (χ4n) is 5.07. The highest BCUT2D eigenvalue weighted by atomic mass is 19.3. The third kappa shape index (κ3) is 4.35. The van der Waals surface area contributed by atoms with E-state index in [0.717, 1.165) is 0 Å². The van der Waals surface area contributed by atoms with Crippen LogP contribution in [0.1, 0.15) is 50.4 Å². The van der Waals surface area contributed by atoms with E-state index >= 15 is 4.39 Å². The molecule has 10 heteroatoms. The second kappa shape index (κ2) is 8.84. The Bertz CT molecular complexity index is 1460. The SMILES string of the molecule is CC(=O)C(C)(C)c1cc2cc(CC(=O)C3(c4ccc5c(c4)OC(F)(F)O5)CC3)c(F)cc2n1C[C@@H](O)CO. The molecule has 2 aliphatic rings. The Morgan fingerprint density at radius 2 is 1.79 bits per heavy atom. The molecule has 1 aliphatic heterocycles. The molecule has 2 aromatic carbocycles. The van der Waals surface area contributed by atoms with Crippen LogP contribution in [-0.4, -0.2) is 45.4 Å². The summed E-state index contributed by atoms with van der Waals surface area (Å²) in [5, 5.41) is 20.0. The Labute approximate surface area is 216 Å². The van der Waals surface area contributed by atoms with Crippen LogP contribution < -0.4 is 9.47 Å². The lowest BCUT2D eigenvalue weighted by Gasteiger charge is -2.25. The first-order valence-corrected chi connectivity index (χ1v) is 12.3. The largest absolute Gasteiger partial charge is 0.586 e. The molecule has 1 fully saturated rings. The van der Waals surface area contributed by atoms with Gasteiger partial charge in [-0.15, -0.1) is 8.78 Å². The summed E-state index contributed by atoms with van der Waals surface area (Å²) in [6.45, 7) is 4.35. The lowest BCUT2D eigenvalue weighted by molar-refractivity contribution is -0.286. The standard InChI is InChI=1S/C28H28F3NO6/c1-15(34)26(2,3)24-9-17-8-16(20(29)12-21(17)32(24)13-19(35)14-33)10-25(36)27(6-7-27)18-4-5-22-23(11-18)38-28(30,31)37-22/h4-5,8-9,11-12,19,33,35H,6-7,10,13-14H2,1-3H3/t19-/m1/s1. The first-order valence-electron chi connectivity index (χ1n) is 12.3. The Kier molecular flexibility index (Phi) is 6.11. The summed E-state index contributed by atoms with van der Waals surface area (Å²) in [5.41, 5.74) is -0.225. The van der Waals surface area contributed by atoms with Crippen LogP contribution >= 0.6 is 0 Å². The second-order valence-electron chi connectivity index (χ2n) is 10.7. The average Bonchev–Trinajstić information content (AvgIpc) is 3.50. The molecule has 0 amide bonds. The second-order valence-corrected chi connectivity index (χ2v) is 10.7. The number of hydrogen-bond donors (Lipinski definition) is 2. The Morgan fingerprint density at radius 1 is 1.11 bits per heavy atom. The Balaban J connectivity index is 1.48. The maximum atomic E-state index is 15.4. The molecule has 1 aliphatic carbocycles. The maximum Gasteiger partial charge on any atom is 0.586 e. The number of benzene rings is 2. The highest BCUT2D eigenvalue weighted by Gasteiger charge is 2.52. The molecule has 3 aromatic rings. The number of carbonyl (C=O) groups is 2. The van der Waals surface area contributed by atoms with Crippen molar-refractivity contribution < 1.29 is 42.4 Å². The van der Waals surface area contributed by atoms with Crippen molar-refractivity contribution in [3.05, 3.63) is 59.0 Å². The number of carbonyl (C=O) groups excluding carboxylic acids is 2. The van der Waals surface area contributed by atoms with E-state index in [2.05, 4.69) is 9.47 Å². The number of alkyl halides is 2. The summed E-state index contributed by atoms with van der Waals surface area (Å²) in [4.78, 5) is 25.8. The molecule has 0 saturated heterocycles. The van der Waals surface area contributed by atoms with Gasteiger partial charge in [0.15, 0.2) is 11.5 Å². The van der Waals surface area contributed by atoms with Gasteiger partial charge in [0.1, 0.15) is 17.4 Å². The minimum atomic E-state index is -3.76. The van der Waals surface area contributed by atoms with Gasteiger partial charge in [-0.1, -0.05) is 6.07 Å². The van der Waals surface area contributed by atoms with Crippen molar-refractivity contribution in [1.82, 2.24) is 4.57 Å². The third-order valence-corrected chi connectivity index (χ3v) is 7.78. The Hall–Kier alpha value is -3.37. The van der Waals surface area contributed by atoms with Crippen LogP contribution in [-0.2, 0) is 33.4 Å². The van der Waals surface area contributed by atoms with Crippen molar-refractivity contribution >= 4 is 22.5 Å². The van der Waals surface area contributed by atoms with Gasteiger partial charge in [0, 0.05) is 17.5 Å². The van der Waals surface area contributed by atoms with Crippen molar-refractivity contribution in [3.8, 4) is 11.5 Å². The zero-order valence-electron chi connectivity index (χ0n) is 21.2. The van der Waals surface area contributed by atoms with Crippen LogP contribution in [0.25, 0.3) is 10.9 Å². The van der Waals surface area contributed by atoms with Crippen molar-refractivity contribution in [1.29, 1.82) is 0 Å². The van der Waals surface area contributed by atoms with Gasteiger partial charge in [0.2, 0.25) is 0 Å². The third-order valence-electron chi connectivity index (χ3n) is 7.78. The van der Waals surface area contributed by atoms with Crippen LogP contribution in [0.3, 0.4) is 0 Å². The molecule has 38 heavy (non-hydrogen) atoms. The van der Waals surface area contributed by atoms with E-state index < -0.39 is 35.7 Å². The zero-order valence-corrected chi connectivity index (χ0v) is 21.2. The number of ether oxygens (including phenoxy) is 2. The van der Waals surface area contributed by atoms with Crippen LogP contribution in [0.2, 0.25) is 0 Å². The van der Waals surface area contributed by atoms with E-state index in [9.17, 15) is 28.6 Å². The lowest BCUT2D eigenvalue weighted by atomic mass is 9.85. The Morgan fingerprint density at radius 3 is 2.42 bits per heavy atom. The number of ketones is 2. The van der Waals surface area contributed by atoms with E-state index in [4.69, 9.17) is 0 Å². The van der Waals surface area contributed by atoms with E-state index in [0.29, 0.717) is 35.0 Å². The first kappa shape index (κ1) is 26.2. The molecule has 2 N–H and O–H groups in total. The molecule has 0 radical (unpaired) electrons. The predicted molar refractivity (Wildman–Crippen MR) is 131 cm³/mol. The number of aliphatic hydroxyl groups excluding tert-OH is 2. The fraction of sp³-hybridized carbons (Fsp3) is 0.429. The van der Waals surface area contributed by atoms with E-state index in [1.807, 2.05) is 0 Å². The highest BCUT2D eigenvalue weighted by Crippen LogP contribution is 2.52. The van der Waals surface area contributed by atoms with Gasteiger partial charge in [-0.25, -0.2) is 4.39 Å². The van der Waals surface area contributed by atoms with Gasteiger partial charge in [-0.3, -0.25) is 9.59 Å². The molecule has 7 nitrogen and oxygen atoms in total. The van der Waals surface area contributed by atoms with Gasteiger partial charge in [-0.2, -0.15) is 0 Å². The molecular weight excluding hydrogens is 503 g/mol. The van der Waals surface area contributed by atoms with E-state index in [-0.39, 0.29) is 41.6 Å². The molecule has 202 valence electrons. The molecule has 0 bridgehead atoms. The van der Waals surface area contributed by atoms with E-state index in [1.54, 1.807) is 36.6 Å². The highest BCUT2D eigenvalue weighted by molar-refractivity contribution is 5.96. The number of hydrogen-bond acceptors (Lipinski definition) is 6. The smallest absolute Gasteiger partial charge is 0.395 e. The number of rotatable bonds is 9. The monoisotopic (exact) mass is 531 g/mol. The normalized spacial score (nSPS) is 18.0. The maximum absolute atomic E-state index is 15.4. The summed E-state index contributed by atoms with van der Waals surface area (Å²) in [5.74, 6) is -1.27. The number of fused-ring (bicyclic) bond motifs is 2. The predicted octanol–water partition coefficient (Wildman–Crippen LogP) is 4.17. The molecule has 1 aromatic heterocycles. The van der Waals surface area contributed by atoms with Crippen molar-refractivity contribution in [2.75, 3.05) is 6.61 Å². The van der Waals surface area contributed by atoms with Crippen LogP contribution in [0, 0.1) is 5.82 Å². The summed E-state index contributed by atoms with van der Waals surface area (Å²) in [6, 6.07) is 8.83. The molecular formula is C28H28F3NO6. The molecule has 5 rings (SSSR count). The lowest BCUT2D eigenvalue weighted by Crippen LogP contribution is -2.31. The first-order chi connectivity index (χ1) is 17.8. The van der Waals surface area contributed by atoms with Gasteiger partial charge in [0.05, 0.1) is 35.6 Å². The molecule has 1 atom stereocenters. The van der Waals surface area contributed by atoms with Crippen molar-refractivity contribution in [3.63, 3.8) is 0 Å². The fourth-order valence-corrected chi connectivity index (χ4v) is 5.07. The molecule has 2 heterocycles. The minimum Gasteiger partial charge on any atom is -0.395 e. The van der Waals surface area contributed by atoms with Gasteiger partial charge in [-0.05, 0) is 75.1 Å². The zero-order chi connectivity index (χ0) is 27.6. The van der Waals surface area contributed by atoms with Gasteiger partial charge < -0.3 is 24.3 Å². The number of aliphatic hydroxyl groups is 2. The quantitative estimate of drug-likeness (QED) is 0.430. The number of aromatic nitrogens is 1. The van der Waals surface area contributed by atoms with Crippen LogP contribution in [0.15, 0.2) is 36.4 Å². The van der Waals surface area contributed by atoms with Gasteiger partial charge in [0.25, 0.3) is 0 Å². The number of Topliss-reactive ketones (excluding diaryl/α,β-unsaturated/α-hetero) is 2. The minimum absolute atomic E-state index is 0.0456. The molecule has 1 saturated carbocycles. The summed E-state index contributed by atoms with van der Waals surface area (Å²) in [7, 11) is 0. The number of nitrogens with zero attached hydrogens (tertiary/aromatic N) is 1. The average molecular weight is 532 g/mol. The number of halogens is 3.